The van der Waals surface area contributed by atoms with Crippen molar-refractivity contribution in [2.45, 2.75) is 33.9 Å². The number of carbonyl (C=O) groups is 2. The molecule has 3 rings (SSSR count). The number of nitrogens with zero attached hydrogens (tertiary/aromatic N) is 1. The summed E-state index contributed by atoms with van der Waals surface area (Å²) in [4.78, 5) is 36.9. The Morgan fingerprint density at radius 3 is 2.39 bits per heavy atom. The van der Waals surface area contributed by atoms with Crippen LogP contribution in [0.15, 0.2) is 53.3 Å². The third-order valence-electron chi connectivity index (χ3n) is 4.83. The molecule has 2 aromatic carbocycles. The molecule has 7 heteroatoms. The summed E-state index contributed by atoms with van der Waals surface area (Å²) in [5.74, 6) is 0.220. The minimum absolute atomic E-state index is 0.139. The van der Waals surface area contributed by atoms with Crippen molar-refractivity contribution in [1.82, 2.24) is 15.2 Å². The van der Waals surface area contributed by atoms with Gasteiger partial charge in [0.1, 0.15) is 0 Å². The van der Waals surface area contributed by atoms with E-state index in [1.54, 1.807) is 6.07 Å². The van der Waals surface area contributed by atoms with Gasteiger partial charge in [-0.15, -0.1) is 0 Å². The first kappa shape index (κ1) is 22.1. The van der Waals surface area contributed by atoms with Crippen molar-refractivity contribution in [3.05, 3.63) is 64.4 Å². The molecule has 0 radical (unpaired) electrons. The Balaban J connectivity index is 2.38. The molecule has 0 aliphatic rings. The lowest BCUT2D eigenvalue weighted by Crippen LogP contribution is -2.30. The summed E-state index contributed by atoms with van der Waals surface area (Å²) in [6.45, 7) is 6.18. The average molecular weight is 421 g/mol. The molecule has 31 heavy (non-hydrogen) atoms. The van der Waals surface area contributed by atoms with Gasteiger partial charge in [0.15, 0.2) is 0 Å². The monoisotopic (exact) mass is 421 g/mol. The van der Waals surface area contributed by atoms with E-state index in [1.165, 1.54) is 18.5 Å². The second-order valence-corrected chi connectivity index (χ2v) is 7.78. The predicted molar refractivity (Wildman–Crippen MR) is 121 cm³/mol. The zero-order valence-corrected chi connectivity index (χ0v) is 18.2. The Bertz CT molecular complexity index is 1170. The second kappa shape index (κ2) is 9.47. The number of hydrogen-bond donors (Lipinski definition) is 2. The van der Waals surface area contributed by atoms with Gasteiger partial charge < -0.3 is 15.4 Å². The number of benzene rings is 2. The molecule has 0 spiro atoms. The van der Waals surface area contributed by atoms with Crippen LogP contribution in [0.5, 0.6) is 5.88 Å². The lowest BCUT2D eigenvalue weighted by Gasteiger charge is -2.21. The van der Waals surface area contributed by atoms with Crippen LogP contribution in [0.4, 0.5) is 4.79 Å². The van der Waals surface area contributed by atoms with Crippen LogP contribution in [0.2, 0.25) is 0 Å². The van der Waals surface area contributed by atoms with Crippen molar-refractivity contribution in [2.24, 2.45) is 5.92 Å². The minimum Gasteiger partial charge on any atom is -0.392 e. The SMILES string of the molecule is CNC(=O)Oc1c(-c2ccccc2)c2cc(CNC(C)=O)ccc2c(=O)n1CC(C)C. The molecule has 0 atom stereocenters. The molecule has 0 saturated heterocycles. The first-order valence-corrected chi connectivity index (χ1v) is 10.2. The molecule has 0 aliphatic carbocycles. The Morgan fingerprint density at radius 2 is 1.77 bits per heavy atom. The Hall–Kier alpha value is -3.61. The summed E-state index contributed by atoms with van der Waals surface area (Å²) >= 11 is 0. The van der Waals surface area contributed by atoms with Crippen molar-refractivity contribution in [1.29, 1.82) is 0 Å². The smallest absolute Gasteiger partial charge is 0.392 e. The number of hydrogen-bond acceptors (Lipinski definition) is 4. The number of pyridine rings is 1. The molecule has 2 N–H and O–H groups in total. The number of amides is 2. The summed E-state index contributed by atoms with van der Waals surface area (Å²) in [6.07, 6.45) is -0.650. The van der Waals surface area contributed by atoms with Gasteiger partial charge in [-0.25, -0.2) is 4.79 Å². The van der Waals surface area contributed by atoms with Crippen LogP contribution in [0.25, 0.3) is 21.9 Å². The quantitative estimate of drug-likeness (QED) is 0.635. The number of aromatic nitrogens is 1. The maximum atomic E-state index is 13.4. The van der Waals surface area contributed by atoms with Crippen LogP contribution in [-0.4, -0.2) is 23.6 Å². The standard InChI is InChI=1S/C24H27N3O4/c1-15(2)14-27-22(29)19-11-10-17(13-26-16(3)28)12-20(19)21(18-8-6-5-7-9-18)23(27)31-24(30)25-4/h5-12,15H,13-14H2,1-4H3,(H,25,30)(H,26,28). The zero-order chi connectivity index (χ0) is 22.5. The van der Waals surface area contributed by atoms with Gasteiger partial charge >= 0.3 is 6.09 Å². The molecule has 7 nitrogen and oxygen atoms in total. The van der Waals surface area contributed by atoms with Crippen LogP contribution >= 0.6 is 0 Å². The fourth-order valence-corrected chi connectivity index (χ4v) is 3.47. The molecule has 0 fully saturated rings. The molecular weight excluding hydrogens is 394 g/mol. The van der Waals surface area contributed by atoms with Crippen molar-refractivity contribution in [3.8, 4) is 17.0 Å². The van der Waals surface area contributed by atoms with E-state index in [2.05, 4.69) is 10.6 Å². The van der Waals surface area contributed by atoms with Crippen LogP contribution in [0.3, 0.4) is 0 Å². The van der Waals surface area contributed by atoms with E-state index in [-0.39, 0.29) is 23.3 Å². The van der Waals surface area contributed by atoms with Crippen LogP contribution in [0, 0.1) is 5.92 Å². The predicted octanol–water partition coefficient (Wildman–Crippen LogP) is 3.68. The van der Waals surface area contributed by atoms with Crippen LogP contribution in [0.1, 0.15) is 26.3 Å². The van der Waals surface area contributed by atoms with E-state index in [1.807, 2.05) is 56.3 Å². The van der Waals surface area contributed by atoms with E-state index in [4.69, 9.17) is 4.74 Å². The van der Waals surface area contributed by atoms with E-state index in [0.29, 0.717) is 29.4 Å². The van der Waals surface area contributed by atoms with Gasteiger partial charge in [-0.2, -0.15) is 0 Å². The van der Waals surface area contributed by atoms with Crippen LogP contribution in [-0.2, 0) is 17.9 Å². The van der Waals surface area contributed by atoms with Gasteiger partial charge in [0, 0.05) is 37.8 Å². The van der Waals surface area contributed by atoms with Gasteiger partial charge in [-0.1, -0.05) is 50.2 Å². The summed E-state index contributed by atoms with van der Waals surface area (Å²) in [5.41, 5.74) is 2.09. The maximum Gasteiger partial charge on any atom is 0.413 e. The molecule has 0 aliphatic heterocycles. The highest BCUT2D eigenvalue weighted by Gasteiger charge is 2.22. The Morgan fingerprint density at radius 1 is 1.06 bits per heavy atom. The van der Waals surface area contributed by atoms with Crippen molar-refractivity contribution in [2.75, 3.05) is 7.05 Å². The van der Waals surface area contributed by atoms with E-state index >= 15 is 0 Å². The third-order valence-corrected chi connectivity index (χ3v) is 4.83. The molecule has 0 saturated carbocycles. The third kappa shape index (κ3) is 4.94. The molecule has 1 heterocycles. The normalized spacial score (nSPS) is 10.9. The first-order valence-electron chi connectivity index (χ1n) is 10.2. The zero-order valence-electron chi connectivity index (χ0n) is 18.2. The van der Waals surface area contributed by atoms with Gasteiger partial charge in [-0.3, -0.25) is 14.2 Å². The van der Waals surface area contributed by atoms with E-state index < -0.39 is 6.09 Å². The highest BCUT2D eigenvalue weighted by Crippen LogP contribution is 2.36. The number of rotatable bonds is 6. The summed E-state index contributed by atoms with van der Waals surface area (Å²) in [6, 6.07) is 15.0. The van der Waals surface area contributed by atoms with E-state index in [9.17, 15) is 14.4 Å². The Labute approximate surface area is 181 Å². The van der Waals surface area contributed by atoms with Gasteiger partial charge in [0.2, 0.25) is 11.8 Å². The summed E-state index contributed by atoms with van der Waals surface area (Å²) in [5, 5.41) is 6.42. The molecule has 0 bridgehead atoms. The summed E-state index contributed by atoms with van der Waals surface area (Å²) < 4.78 is 7.18. The average Bonchev–Trinajstić information content (AvgIpc) is 2.75. The molecule has 1 aromatic heterocycles. The lowest BCUT2D eigenvalue weighted by atomic mass is 9.97. The number of fused-ring (bicyclic) bond motifs is 1. The van der Waals surface area contributed by atoms with Gasteiger partial charge in [0.25, 0.3) is 5.56 Å². The highest BCUT2D eigenvalue weighted by atomic mass is 16.6. The van der Waals surface area contributed by atoms with Gasteiger partial charge in [0.05, 0.1) is 5.56 Å². The van der Waals surface area contributed by atoms with Crippen molar-refractivity contribution >= 4 is 22.8 Å². The number of ether oxygens (including phenoxy) is 1. The molecule has 0 unspecified atom stereocenters. The first-order chi connectivity index (χ1) is 14.8. The molecule has 162 valence electrons. The highest BCUT2D eigenvalue weighted by molar-refractivity contribution is 5.99. The largest absolute Gasteiger partial charge is 0.413 e. The molecule has 2 amide bonds. The van der Waals surface area contributed by atoms with Crippen LogP contribution < -0.4 is 20.9 Å². The van der Waals surface area contributed by atoms with Crippen molar-refractivity contribution < 1.29 is 14.3 Å². The summed E-state index contributed by atoms with van der Waals surface area (Å²) in [7, 11) is 1.47. The fourth-order valence-electron chi connectivity index (χ4n) is 3.47. The molecular formula is C24H27N3O4. The molecule has 3 aromatic rings. The number of nitrogens with one attached hydrogen (secondary N) is 2. The maximum absolute atomic E-state index is 13.4. The van der Waals surface area contributed by atoms with Crippen molar-refractivity contribution in [3.63, 3.8) is 0 Å². The van der Waals surface area contributed by atoms with E-state index in [0.717, 1.165) is 11.1 Å². The van der Waals surface area contributed by atoms with Gasteiger partial charge in [-0.05, 0) is 29.2 Å². The minimum atomic E-state index is -0.650. The number of carbonyl (C=O) groups excluding carboxylic acids is 2. The fraction of sp³-hybridized carbons (Fsp3) is 0.292. The second-order valence-electron chi connectivity index (χ2n) is 7.78. The lowest BCUT2D eigenvalue weighted by molar-refractivity contribution is -0.119. The topological polar surface area (TPSA) is 89.4 Å². The Kier molecular flexibility index (Phi) is 6.74.